The number of piperidine rings is 1. The first-order valence-electron chi connectivity index (χ1n) is 7.19. The molecule has 1 fully saturated rings. The molecule has 19 heavy (non-hydrogen) atoms. The lowest BCUT2D eigenvalue weighted by Crippen LogP contribution is -2.51. The average Bonchev–Trinajstić information content (AvgIpc) is 2.40. The summed E-state index contributed by atoms with van der Waals surface area (Å²) in [6.45, 7) is 8.38. The van der Waals surface area contributed by atoms with Crippen LogP contribution in [0.3, 0.4) is 0 Å². The molecule has 1 atom stereocenters. The van der Waals surface area contributed by atoms with Gasteiger partial charge in [-0.15, -0.1) is 0 Å². The highest BCUT2D eigenvalue weighted by atomic mass is 16.5. The van der Waals surface area contributed by atoms with E-state index >= 15 is 0 Å². The minimum Gasteiger partial charge on any atom is -0.492 e. The normalized spacial score (nSPS) is 22.3. The summed E-state index contributed by atoms with van der Waals surface area (Å²) in [7, 11) is 0. The van der Waals surface area contributed by atoms with Crippen LogP contribution in [-0.2, 0) is 0 Å². The van der Waals surface area contributed by atoms with Gasteiger partial charge in [-0.2, -0.15) is 0 Å². The van der Waals surface area contributed by atoms with E-state index in [1.807, 2.05) is 19.1 Å². The van der Waals surface area contributed by atoms with Crippen LogP contribution in [0.2, 0.25) is 0 Å². The van der Waals surface area contributed by atoms with Crippen molar-refractivity contribution in [3.63, 3.8) is 0 Å². The molecule has 106 valence electrons. The third-order valence-corrected chi connectivity index (χ3v) is 4.05. The average molecular weight is 263 g/mol. The number of aliphatic hydroxyl groups is 1. The summed E-state index contributed by atoms with van der Waals surface area (Å²) in [6.07, 6.45) is 2.19. The maximum absolute atomic E-state index is 9.44. The molecule has 3 heteroatoms. The monoisotopic (exact) mass is 263 g/mol. The first kappa shape index (κ1) is 14.2. The quantitative estimate of drug-likeness (QED) is 0.906. The topological polar surface area (TPSA) is 32.7 Å². The Morgan fingerprint density at radius 1 is 1.37 bits per heavy atom. The van der Waals surface area contributed by atoms with E-state index in [0.717, 1.165) is 30.8 Å². The Kier molecular flexibility index (Phi) is 4.35. The van der Waals surface area contributed by atoms with Crippen LogP contribution in [-0.4, -0.2) is 30.4 Å². The molecule has 3 nitrogen and oxygen atoms in total. The second-order valence-electron chi connectivity index (χ2n) is 5.91. The smallest absolute Gasteiger partial charge is 0.142 e. The van der Waals surface area contributed by atoms with E-state index in [1.54, 1.807) is 0 Å². The highest BCUT2D eigenvalue weighted by Gasteiger charge is 2.35. The van der Waals surface area contributed by atoms with E-state index in [-0.39, 0.29) is 12.1 Å². The van der Waals surface area contributed by atoms with Crippen LogP contribution >= 0.6 is 0 Å². The predicted molar refractivity (Wildman–Crippen MR) is 78.8 cm³/mol. The van der Waals surface area contributed by atoms with Gasteiger partial charge in [-0.05, 0) is 51.7 Å². The second kappa shape index (κ2) is 5.83. The van der Waals surface area contributed by atoms with Crippen molar-refractivity contribution in [3.05, 3.63) is 24.3 Å². The lowest BCUT2D eigenvalue weighted by Gasteiger charge is -2.47. The van der Waals surface area contributed by atoms with Gasteiger partial charge in [0.15, 0.2) is 0 Å². The van der Waals surface area contributed by atoms with E-state index in [2.05, 4.69) is 30.9 Å². The third-order valence-electron chi connectivity index (χ3n) is 4.05. The number of ether oxygens (including phenoxy) is 1. The summed E-state index contributed by atoms with van der Waals surface area (Å²) in [5, 5.41) is 9.44. The van der Waals surface area contributed by atoms with Crippen molar-refractivity contribution in [2.24, 2.45) is 5.92 Å². The largest absolute Gasteiger partial charge is 0.492 e. The van der Waals surface area contributed by atoms with Crippen LogP contribution in [0.1, 0.15) is 33.6 Å². The molecule has 1 aliphatic rings. The lowest BCUT2D eigenvalue weighted by molar-refractivity contribution is 0.180. The molecular formula is C16H25NO2. The molecule has 0 spiro atoms. The minimum atomic E-state index is 0.110. The summed E-state index contributed by atoms with van der Waals surface area (Å²) in [4.78, 5) is 2.39. The summed E-state index contributed by atoms with van der Waals surface area (Å²) in [6, 6.07) is 8.20. The Bertz CT molecular complexity index is 417. The lowest BCUT2D eigenvalue weighted by atomic mass is 9.84. The molecule has 1 aromatic rings. The van der Waals surface area contributed by atoms with Gasteiger partial charge in [0.1, 0.15) is 5.75 Å². The molecule has 0 bridgehead atoms. The Labute approximate surface area is 116 Å². The third kappa shape index (κ3) is 3.03. The molecule has 1 N–H and O–H groups in total. The van der Waals surface area contributed by atoms with Gasteiger partial charge in [-0.25, -0.2) is 0 Å². The SMILES string of the molecule is CCOc1ccccc1N1CC(CO)CCC1(C)C. The predicted octanol–water partition coefficient (Wildman–Crippen LogP) is 3.07. The maximum atomic E-state index is 9.44. The van der Waals surface area contributed by atoms with Crippen LogP contribution in [0, 0.1) is 5.92 Å². The van der Waals surface area contributed by atoms with Gasteiger partial charge >= 0.3 is 0 Å². The zero-order chi connectivity index (χ0) is 13.9. The van der Waals surface area contributed by atoms with Gasteiger partial charge in [0.25, 0.3) is 0 Å². The molecule has 2 rings (SSSR count). The summed E-state index contributed by atoms with van der Waals surface area (Å²) in [5.74, 6) is 1.30. The van der Waals surface area contributed by atoms with Gasteiger partial charge < -0.3 is 14.7 Å². The van der Waals surface area contributed by atoms with Crippen LogP contribution in [0.25, 0.3) is 0 Å². The molecule has 1 saturated heterocycles. The van der Waals surface area contributed by atoms with Crippen molar-refractivity contribution in [3.8, 4) is 5.75 Å². The Morgan fingerprint density at radius 2 is 2.11 bits per heavy atom. The Hall–Kier alpha value is -1.22. The van der Waals surface area contributed by atoms with Crippen LogP contribution in [0.4, 0.5) is 5.69 Å². The number of benzene rings is 1. The van der Waals surface area contributed by atoms with Crippen molar-refractivity contribution in [1.29, 1.82) is 0 Å². The number of rotatable bonds is 4. The molecule has 0 radical (unpaired) electrons. The van der Waals surface area contributed by atoms with E-state index in [0.29, 0.717) is 12.5 Å². The molecule has 1 unspecified atom stereocenters. The van der Waals surface area contributed by atoms with Crippen molar-refractivity contribution in [2.75, 3.05) is 24.7 Å². The molecule has 0 saturated carbocycles. The highest BCUT2D eigenvalue weighted by Crippen LogP contribution is 2.39. The van der Waals surface area contributed by atoms with E-state index in [9.17, 15) is 5.11 Å². The van der Waals surface area contributed by atoms with Crippen LogP contribution in [0.5, 0.6) is 5.75 Å². The van der Waals surface area contributed by atoms with Crippen molar-refractivity contribution < 1.29 is 9.84 Å². The summed E-state index contributed by atoms with van der Waals surface area (Å²) in [5.41, 5.74) is 1.26. The van der Waals surface area contributed by atoms with Gasteiger partial charge in [0.2, 0.25) is 0 Å². The number of hydrogen-bond donors (Lipinski definition) is 1. The van der Waals surface area contributed by atoms with E-state index in [4.69, 9.17) is 4.74 Å². The first-order valence-corrected chi connectivity index (χ1v) is 7.19. The second-order valence-corrected chi connectivity index (χ2v) is 5.91. The van der Waals surface area contributed by atoms with E-state index in [1.165, 1.54) is 0 Å². The molecule has 1 aliphatic heterocycles. The van der Waals surface area contributed by atoms with Crippen LogP contribution in [0.15, 0.2) is 24.3 Å². The highest BCUT2D eigenvalue weighted by molar-refractivity contribution is 5.60. The Balaban J connectivity index is 2.31. The van der Waals surface area contributed by atoms with Crippen molar-refractivity contribution in [1.82, 2.24) is 0 Å². The molecular weight excluding hydrogens is 238 g/mol. The zero-order valence-corrected chi connectivity index (χ0v) is 12.2. The standard InChI is InChI=1S/C16H25NO2/c1-4-19-15-8-6-5-7-14(15)17-11-13(12-18)9-10-16(17,2)3/h5-8,13,18H,4,9-12H2,1-3H3. The molecule has 1 heterocycles. The molecule has 1 aromatic carbocycles. The first-order chi connectivity index (χ1) is 9.08. The van der Waals surface area contributed by atoms with Gasteiger partial charge in [0.05, 0.1) is 12.3 Å². The number of hydrogen-bond acceptors (Lipinski definition) is 3. The fourth-order valence-corrected chi connectivity index (χ4v) is 2.82. The fourth-order valence-electron chi connectivity index (χ4n) is 2.82. The van der Waals surface area contributed by atoms with E-state index < -0.39 is 0 Å². The number of para-hydroxylation sites is 2. The molecule has 0 aromatic heterocycles. The Morgan fingerprint density at radius 3 is 2.79 bits per heavy atom. The van der Waals surface area contributed by atoms with Crippen molar-refractivity contribution >= 4 is 5.69 Å². The summed E-state index contributed by atoms with van der Waals surface area (Å²) >= 11 is 0. The van der Waals surface area contributed by atoms with Gasteiger partial charge in [-0.3, -0.25) is 0 Å². The van der Waals surface area contributed by atoms with Crippen molar-refractivity contribution in [2.45, 2.75) is 39.2 Å². The fraction of sp³-hybridized carbons (Fsp3) is 0.625. The number of anilines is 1. The van der Waals surface area contributed by atoms with Gasteiger partial charge in [0, 0.05) is 18.7 Å². The summed E-state index contributed by atoms with van der Waals surface area (Å²) < 4.78 is 5.75. The zero-order valence-electron chi connectivity index (χ0n) is 12.2. The molecule has 0 aliphatic carbocycles. The van der Waals surface area contributed by atoms with Crippen LogP contribution < -0.4 is 9.64 Å². The molecule has 0 amide bonds. The van der Waals surface area contributed by atoms with Gasteiger partial charge in [-0.1, -0.05) is 12.1 Å². The maximum Gasteiger partial charge on any atom is 0.142 e. The minimum absolute atomic E-state index is 0.110. The number of aliphatic hydroxyl groups excluding tert-OH is 1. The number of nitrogens with zero attached hydrogens (tertiary/aromatic N) is 1.